The standard InChI is InChI=1S/C15H14O6/c1-3-13(16)20-10-6-5-9-7-11(14(17)19-4-2)15(18)21-12(9)8-10/h5-8H,3-4H2,1-2H3. The van der Waals surface area contributed by atoms with E-state index in [1.165, 1.54) is 12.1 Å². The van der Waals surface area contributed by atoms with Gasteiger partial charge >= 0.3 is 17.6 Å². The minimum absolute atomic E-state index is 0.164. The van der Waals surface area contributed by atoms with Gasteiger partial charge < -0.3 is 13.9 Å². The van der Waals surface area contributed by atoms with Crippen LogP contribution in [0.5, 0.6) is 5.75 Å². The first-order valence-electron chi connectivity index (χ1n) is 6.50. The number of esters is 2. The van der Waals surface area contributed by atoms with Gasteiger partial charge in [0.1, 0.15) is 16.9 Å². The summed E-state index contributed by atoms with van der Waals surface area (Å²) in [5, 5.41) is 0.536. The maximum Gasteiger partial charge on any atom is 0.351 e. The summed E-state index contributed by atoms with van der Waals surface area (Å²) in [6.07, 6.45) is 0.240. The largest absolute Gasteiger partial charge is 0.462 e. The Kier molecular flexibility index (Phi) is 4.37. The van der Waals surface area contributed by atoms with Gasteiger partial charge in [-0.2, -0.15) is 0 Å². The molecule has 0 radical (unpaired) electrons. The van der Waals surface area contributed by atoms with Crippen LogP contribution in [0.3, 0.4) is 0 Å². The highest BCUT2D eigenvalue weighted by atomic mass is 16.5. The molecule has 2 rings (SSSR count). The first kappa shape index (κ1) is 14.8. The van der Waals surface area contributed by atoms with Gasteiger partial charge in [-0.3, -0.25) is 4.79 Å². The fraction of sp³-hybridized carbons (Fsp3) is 0.267. The predicted molar refractivity (Wildman–Crippen MR) is 74.4 cm³/mol. The van der Waals surface area contributed by atoms with Gasteiger partial charge in [0.15, 0.2) is 0 Å². The zero-order valence-electron chi connectivity index (χ0n) is 11.7. The molecule has 0 aliphatic heterocycles. The van der Waals surface area contributed by atoms with E-state index >= 15 is 0 Å². The van der Waals surface area contributed by atoms with Crippen molar-refractivity contribution < 1.29 is 23.5 Å². The number of fused-ring (bicyclic) bond motifs is 1. The molecule has 6 nitrogen and oxygen atoms in total. The molecular formula is C15H14O6. The predicted octanol–water partition coefficient (Wildman–Crippen LogP) is 2.29. The second kappa shape index (κ2) is 6.21. The van der Waals surface area contributed by atoms with Gasteiger partial charge in [0, 0.05) is 17.9 Å². The third kappa shape index (κ3) is 3.28. The van der Waals surface area contributed by atoms with E-state index in [2.05, 4.69) is 0 Å². The Balaban J connectivity index is 2.42. The van der Waals surface area contributed by atoms with Gasteiger partial charge in [0.25, 0.3) is 0 Å². The summed E-state index contributed by atoms with van der Waals surface area (Å²) in [4.78, 5) is 34.6. The van der Waals surface area contributed by atoms with E-state index in [9.17, 15) is 14.4 Å². The van der Waals surface area contributed by atoms with Gasteiger partial charge in [0.2, 0.25) is 0 Å². The Morgan fingerprint density at radius 3 is 2.62 bits per heavy atom. The van der Waals surface area contributed by atoms with Crippen molar-refractivity contribution in [3.05, 3.63) is 40.2 Å². The summed E-state index contributed by atoms with van der Waals surface area (Å²) in [6, 6.07) is 5.98. The average Bonchev–Trinajstić information content (AvgIpc) is 2.46. The third-order valence-electron chi connectivity index (χ3n) is 2.72. The third-order valence-corrected chi connectivity index (χ3v) is 2.72. The molecule has 1 heterocycles. The molecule has 2 aromatic rings. The second-order valence-corrected chi connectivity index (χ2v) is 4.20. The summed E-state index contributed by atoms with van der Waals surface area (Å²) >= 11 is 0. The van der Waals surface area contributed by atoms with Crippen molar-refractivity contribution in [2.45, 2.75) is 20.3 Å². The normalized spacial score (nSPS) is 10.4. The minimum atomic E-state index is -0.792. The molecule has 0 aliphatic carbocycles. The Hall–Kier alpha value is -2.63. The monoisotopic (exact) mass is 290 g/mol. The van der Waals surface area contributed by atoms with Gasteiger partial charge in [0.05, 0.1) is 6.61 Å². The van der Waals surface area contributed by atoms with Crippen LogP contribution in [0.4, 0.5) is 0 Å². The smallest absolute Gasteiger partial charge is 0.351 e. The molecule has 0 saturated heterocycles. The number of carbonyl (C=O) groups excluding carboxylic acids is 2. The molecule has 0 N–H and O–H groups in total. The molecular weight excluding hydrogens is 276 g/mol. The SMILES string of the molecule is CCOC(=O)c1cc2ccc(OC(=O)CC)cc2oc1=O. The summed E-state index contributed by atoms with van der Waals surface area (Å²) in [5.74, 6) is -0.837. The molecule has 0 fully saturated rings. The summed E-state index contributed by atoms with van der Waals surface area (Å²) in [5.41, 5.74) is -0.725. The zero-order chi connectivity index (χ0) is 15.4. The summed E-state index contributed by atoms with van der Waals surface area (Å²) in [7, 11) is 0. The van der Waals surface area contributed by atoms with Gasteiger partial charge in [-0.15, -0.1) is 0 Å². The van der Waals surface area contributed by atoms with E-state index in [1.54, 1.807) is 26.0 Å². The van der Waals surface area contributed by atoms with Crippen molar-refractivity contribution in [2.24, 2.45) is 0 Å². The lowest BCUT2D eigenvalue weighted by atomic mass is 10.2. The van der Waals surface area contributed by atoms with Crippen molar-refractivity contribution in [1.82, 2.24) is 0 Å². The van der Waals surface area contributed by atoms with E-state index < -0.39 is 11.6 Å². The number of benzene rings is 1. The molecule has 0 unspecified atom stereocenters. The number of ether oxygens (including phenoxy) is 2. The molecule has 6 heteroatoms. The van der Waals surface area contributed by atoms with Gasteiger partial charge in [-0.05, 0) is 25.1 Å². The quantitative estimate of drug-likeness (QED) is 0.488. The van der Waals surface area contributed by atoms with E-state index in [0.717, 1.165) is 0 Å². The molecule has 0 spiro atoms. The topological polar surface area (TPSA) is 82.8 Å². The summed E-state index contributed by atoms with van der Waals surface area (Å²) in [6.45, 7) is 3.49. The van der Waals surface area contributed by atoms with Crippen molar-refractivity contribution in [1.29, 1.82) is 0 Å². The van der Waals surface area contributed by atoms with Crippen molar-refractivity contribution in [3.63, 3.8) is 0 Å². The number of hydrogen-bond acceptors (Lipinski definition) is 6. The molecule has 1 aromatic heterocycles. The Labute approximate surface area is 120 Å². The van der Waals surface area contributed by atoms with E-state index in [0.29, 0.717) is 5.39 Å². The molecule has 21 heavy (non-hydrogen) atoms. The first-order valence-corrected chi connectivity index (χ1v) is 6.50. The fourth-order valence-electron chi connectivity index (χ4n) is 1.71. The Bertz CT molecular complexity index is 743. The zero-order valence-corrected chi connectivity index (χ0v) is 11.7. The van der Waals surface area contributed by atoms with Crippen LogP contribution in [0.2, 0.25) is 0 Å². The van der Waals surface area contributed by atoms with Crippen molar-refractivity contribution >= 4 is 22.9 Å². The Morgan fingerprint density at radius 1 is 1.19 bits per heavy atom. The van der Waals surface area contributed by atoms with Crippen LogP contribution in [0, 0.1) is 0 Å². The van der Waals surface area contributed by atoms with Crippen molar-refractivity contribution in [3.8, 4) is 5.75 Å². The molecule has 1 aromatic carbocycles. The maximum absolute atomic E-state index is 11.8. The molecule has 0 atom stereocenters. The molecule has 0 bridgehead atoms. The van der Waals surface area contributed by atoms with Crippen LogP contribution in [0.15, 0.2) is 33.5 Å². The highest BCUT2D eigenvalue weighted by Gasteiger charge is 2.15. The highest BCUT2D eigenvalue weighted by molar-refractivity contribution is 5.93. The second-order valence-electron chi connectivity index (χ2n) is 4.20. The maximum atomic E-state index is 11.8. The van der Waals surface area contributed by atoms with E-state index in [-0.39, 0.29) is 35.9 Å². The van der Waals surface area contributed by atoms with Crippen molar-refractivity contribution in [2.75, 3.05) is 6.61 Å². The molecule has 0 amide bonds. The highest BCUT2D eigenvalue weighted by Crippen LogP contribution is 2.21. The van der Waals surface area contributed by atoms with Crippen LogP contribution in [0.1, 0.15) is 30.6 Å². The molecule has 110 valence electrons. The van der Waals surface area contributed by atoms with Crippen LogP contribution >= 0.6 is 0 Å². The molecule has 0 saturated carbocycles. The summed E-state index contributed by atoms with van der Waals surface area (Å²) < 4.78 is 14.9. The average molecular weight is 290 g/mol. The van der Waals surface area contributed by atoms with Gasteiger partial charge in [-0.25, -0.2) is 9.59 Å². The minimum Gasteiger partial charge on any atom is -0.462 e. The fourth-order valence-corrected chi connectivity index (χ4v) is 1.71. The molecule has 0 aliphatic rings. The first-order chi connectivity index (χ1) is 10.0. The number of carbonyl (C=O) groups is 2. The Morgan fingerprint density at radius 2 is 1.95 bits per heavy atom. The lowest BCUT2D eigenvalue weighted by Crippen LogP contribution is -2.16. The number of rotatable bonds is 4. The van der Waals surface area contributed by atoms with E-state index in [1.807, 2.05) is 0 Å². The van der Waals surface area contributed by atoms with E-state index in [4.69, 9.17) is 13.9 Å². The lowest BCUT2D eigenvalue weighted by molar-refractivity contribution is -0.134. The van der Waals surface area contributed by atoms with Crippen LogP contribution in [-0.4, -0.2) is 18.5 Å². The lowest BCUT2D eigenvalue weighted by Gasteiger charge is -2.05. The number of hydrogen-bond donors (Lipinski definition) is 0. The van der Waals surface area contributed by atoms with Crippen LogP contribution in [0.25, 0.3) is 11.0 Å². The van der Waals surface area contributed by atoms with Gasteiger partial charge in [-0.1, -0.05) is 6.92 Å². The van der Waals surface area contributed by atoms with Crippen LogP contribution < -0.4 is 10.4 Å². The van der Waals surface area contributed by atoms with Crippen LogP contribution in [-0.2, 0) is 9.53 Å².